The molecule has 0 saturated carbocycles. The maximum atomic E-state index is 11.9. The molecule has 6 heteroatoms. The first-order valence-electron chi connectivity index (χ1n) is 9.99. The van der Waals surface area contributed by atoms with E-state index in [9.17, 15) is 4.79 Å². The zero-order valence-corrected chi connectivity index (χ0v) is 16.4. The van der Waals surface area contributed by atoms with Gasteiger partial charge in [-0.3, -0.25) is 4.79 Å². The second kappa shape index (κ2) is 9.03. The fraction of sp³-hybridized carbons (Fsp3) is 0.304. The van der Waals surface area contributed by atoms with E-state index in [1.165, 1.54) is 6.08 Å². The van der Waals surface area contributed by atoms with Crippen LogP contribution in [0.5, 0.6) is 0 Å². The number of imidazole rings is 1. The zero-order valence-electron chi connectivity index (χ0n) is 16.4. The van der Waals surface area contributed by atoms with E-state index in [0.717, 1.165) is 47.2 Å². The molecule has 0 radical (unpaired) electrons. The summed E-state index contributed by atoms with van der Waals surface area (Å²) in [7, 11) is 0. The SMILES string of the molecule is C[C@H](c1ccc(C=CC(=O)NOC2CCCCO2)cc1)c1nc2ccccc2[nH]1. The van der Waals surface area contributed by atoms with Crippen molar-refractivity contribution in [1.82, 2.24) is 15.4 Å². The van der Waals surface area contributed by atoms with Crippen molar-refractivity contribution >= 4 is 23.0 Å². The van der Waals surface area contributed by atoms with Gasteiger partial charge in [-0.05, 0) is 42.2 Å². The first-order valence-corrected chi connectivity index (χ1v) is 9.99. The number of hydrogen-bond acceptors (Lipinski definition) is 4. The van der Waals surface area contributed by atoms with E-state index in [4.69, 9.17) is 9.57 Å². The lowest BCUT2D eigenvalue weighted by atomic mass is 9.99. The van der Waals surface area contributed by atoms with Gasteiger partial charge in [0.05, 0.1) is 11.0 Å². The molecule has 2 heterocycles. The largest absolute Gasteiger partial charge is 0.350 e. The Bertz CT molecular complexity index is 955. The predicted octanol–water partition coefficient (Wildman–Crippen LogP) is 4.30. The number of rotatable bonds is 6. The number of nitrogens with zero attached hydrogens (tertiary/aromatic N) is 1. The number of carbonyl (C=O) groups is 1. The molecule has 1 aromatic heterocycles. The molecule has 1 saturated heterocycles. The first-order chi connectivity index (χ1) is 14.2. The summed E-state index contributed by atoms with van der Waals surface area (Å²) < 4.78 is 5.41. The van der Waals surface area contributed by atoms with Crippen molar-refractivity contribution in [2.45, 2.75) is 38.4 Å². The van der Waals surface area contributed by atoms with Crippen molar-refractivity contribution in [2.24, 2.45) is 0 Å². The highest BCUT2D eigenvalue weighted by Crippen LogP contribution is 2.24. The van der Waals surface area contributed by atoms with Crippen LogP contribution in [0.15, 0.2) is 54.6 Å². The van der Waals surface area contributed by atoms with Crippen LogP contribution in [0.1, 0.15) is 49.1 Å². The van der Waals surface area contributed by atoms with Gasteiger partial charge in [0.15, 0.2) is 6.29 Å². The highest BCUT2D eigenvalue weighted by molar-refractivity contribution is 5.90. The molecule has 1 aliphatic heterocycles. The van der Waals surface area contributed by atoms with Crippen LogP contribution >= 0.6 is 0 Å². The van der Waals surface area contributed by atoms with Crippen molar-refractivity contribution in [1.29, 1.82) is 0 Å². The monoisotopic (exact) mass is 391 g/mol. The highest BCUT2D eigenvalue weighted by atomic mass is 16.8. The topological polar surface area (TPSA) is 76.2 Å². The molecule has 1 unspecified atom stereocenters. The molecule has 0 bridgehead atoms. The minimum Gasteiger partial charge on any atom is -0.350 e. The van der Waals surface area contributed by atoms with Gasteiger partial charge in [0.1, 0.15) is 5.82 Å². The van der Waals surface area contributed by atoms with Gasteiger partial charge in [-0.1, -0.05) is 43.3 Å². The second-order valence-electron chi connectivity index (χ2n) is 7.24. The molecule has 3 aromatic rings. The Kier molecular flexibility index (Phi) is 6.03. The number of amides is 1. The third-order valence-electron chi connectivity index (χ3n) is 5.11. The molecule has 29 heavy (non-hydrogen) atoms. The Hall–Kier alpha value is -2.96. The van der Waals surface area contributed by atoms with Crippen LogP contribution in [-0.2, 0) is 14.4 Å². The molecule has 1 amide bonds. The number of nitrogens with one attached hydrogen (secondary N) is 2. The molecule has 2 N–H and O–H groups in total. The van der Waals surface area contributed by atoms with E-state index in [-0.39, 0.29) is 18.1 Å². The smallest absolute Gasteiger partial charge is 0.267 e. The first kappa shape index (κ1) is 19.4. The van der Waals surface area contributed by atoms with Crippen molar-refractivity contribution in [3.63, 3.8) is 0 Å². The number of ether oxygens (including phenoxy) is 1. The number of carbonyl (C=O) groups excluding carboxylic acids is 1. The molecule has 1 aliphatic rings. The quantitative estimate of drug-likeness (QED) is 0.485. The van der Waals surface area contributed by atoms with Gasteiger partial charge in [0, 0.05) is 25.0 Å². The van der Waals surface area contributed by atoms with Gasteiger partial charge in [-0.2, -0.15) is 0 Å². The Labute approximate surface area is 169 Å². The number of hydroxylamine groups is 1. The molecule has 0 spiro atoms. The van der Waals surface area contributed by atoms with Gasteiger partial charge in [0.25, 0.3) is 5.91 Å². The molecule has 1 fully saturated rings. The number of hydrogen-bond donors (Lipinski definition) is 2. The lowest BCUT2D eigenvalue weighted by Crippen LogP contribution is -2.32. The summed E-state index contributed by atoms with van der Waals surface area (Å²) in [5.74, 6) is 0.780. The van der Waals surface area contributed by atoms with Crippen LogP contribution in [0.3, 0.4) is 0 Å². The van der Waals surface area contributed by atoms with E-state index in [0.29, 0.717) is 6.61 Å². The van der Waals surface area contributed by atoms with E-state index in [1.807, 2.05) is 36.4 Å². The summed E-state index contributed by atoms with van der Waals surface area (Å²) in [4.78, 5) is 25.3. The van der Waals surface area contributed by atoms with Crippen molar-refractivity contribution in [3.8, 4) is 0 Å². The minimum absolute atomic E-state index is 0.146. The van der Waals surface area contributed by atoms with Crippen molar-refractivity contribution in [3.05, 3.63) is 71.6 Å². The lowest BCUT2D eigenvalue weighted by Gasteiger charge is -2.21. The number of benzene rings is 2. The van der Waals surface area contributed by atoms with Gasteiger partial charge in [-0.15, -0.1) is 0 Å². The van der Waals surface area contributed by atoms with E-state index in [2.05, 4.69) is 34.5 Å². The third-order valence-corrected chi connectivity index (χ3v) is 5.11. The van der Waals surface area contributed by atoms with Gasteiger partial charge < -0.3 is 9.72 Å². The summed E-state index contributed by atoms with van der Waals surface area (Å²) in [6, 6.07) is 16.1. The molecule has 150 valence electrons. The Morgan fingerprint density at radius 1 is 1.24 bits per heavy atom. The fourth-order valence-electron chi connectivity index (χ4n) is 3.37. The standard InChI is InChI=1S/C23H25N3O3/c1-16(23-24-19-6-2-3-7-20(19)25-23)18-12-9-17(10-13-18)11-14-21(27)26-29-22-8-4-5-15-28-22/h2-3,6-7,9-14,16,22H,4-5,8,15H2,1H3,(H,24,25)(H,26,27)/t16-,22?/m1/s1. The van der Waals surface area contributed by atoms with Crippen LogP contribution in [-0.4, -0.2) is 28.8 Å². The number of fused-ring (bicyclic) bond motifs is 1. The van der Waals surface area contributed by atoms with Gasteiger partial charge in [-0.25, -0.2) is 15.3 Å². The van der Waals surface area contributed by atoms with Gasteiger partial charge >= 0.3 is 0 Å². The normalized spacial score (nSPS) is 18.2. The summed E-state index contributed by atoms with van der Waals surface area (Å²) in [6.45, 7) is 2.80. The van der Waals surface area contributed by atoms with Crippen LogP contribution < -0.4 is 5.48 Å². The molecule has 4 rings (SSSR count). The zero-order chi connectivity index (χ0) is 20.1. The van der Waals surface area contributed by atoms with Crippen LogP contribution in [0, 0.1) is 0 Å². The molecule has 2 aromatic carbocycles. The summed E-state index contributed by atoms with van der Waals surface area (Å²) in [5, 5.41) is 0. The molecule has 2 atom stereocenters. The maximum Gasteiger partial charge on any atom is 0.267 e. The molecular formula is C23H25N3O3. The number of H-pyrrole nitrogens is 1. The summed E-state index contributed by atoms with van der Waals surface area (Å²) in [6.07, 6.45) is 5.76. The average molecular weight is 391 g/mol. The van der Waals surface area contributed by atoms with Crippen LogP contribution in [0.2, 0.25) is 0 Å². The fourth-order valence-corrected chi connectivity index (χ4v) is 3.37. The number of para-hydroxylation sites is 2. The van der Waals surface area contributed by atoms with Crippen LogP contribution in [0.4, 0.5) is 0 Å². The predicted molar refractivity (Wildman–Crippen MR) is 112 cm³/mol. The summed E-state index contributed by atoms with van der Waals surface area (Å²) >= 11 is 0. The van der Waals surface area contributed by atoms with Gasteiger partial charge in [0.2, 0.25) is 0 Å². The maximum absolute atomic E-state index is 11.9. The van der Waals surface area contributed by atoms with Crippen molar-refractivity contribution < 1.29 is 14.4 Å². The molecular weight excluding hydrogens is 366 g/mol. The average Bonchev–Trinajstić information content (AvgIpc) is 3.21. The second-order valence-corrected chi connectivity index (χ2v) is 7.24. The van der Waals surface area contributed by atoms with E-state index in [1.54, 1.807) is 6.08 Å². The minimum atomic E-state index is -0.347. The van der Waals surface area contributed by atoms with Crippen molar-refractivity contribution in [2.75, 3.05) is 6.61 Å². The Morgan fingerprint density at radius 3 is 2.83 bits per heavy atom. The molecule has 6 nitrogen and oxygen atoms in total. The third kappa shape index (κ3) is 4.91. The number of aromatic amines is 1. The highest BCUT2D eigenvalue weighted by Gasteiger charge is 2.15. The Balaban J connectivity index is 1.34. The van der Waals surface area contributed by atoms with E-state index < -0.39 is 0 Å². The number of aromatic nitrogens is 2. The lowest BCUT2D eigenvalue weighted by molar-refractivity contribution is -0.198. The van der Waals surface area contributed by atoms with Crippen LogP contribution in [0.25, 0.3) is 17.1 Å². The Morgan fingerprint density at radius 2 is 2.07 bits per heavy atom. The molecule has 0 aliphatic carbocycles. The summed E-state index contributed by atoms with van der Waals surface area (Å²) in [5.41, 5.74) is 6.53. The van der Waals surface area contributed by atoms with E-state index >= 15 is 0 Å².